The highest BCUT2D eigenvalue weighted by Crippen LogP contribution is 2.19. The molecule has 3 aromatic heterocycles. The van der Waals surface area contributed by atoms with E-state index in [2.05, 4.69) is 21.5 Å². The van der Waals surface area contributed by atoms with Crippen LogP contribution in [0.2, 0.25) is 0 Å². The third-order valence-electron chi connectivity index (χ3n) is 3.37. The van der Waals surface area contributed by atoms with Gasteiger partial charge >= 0.3 is 0 Å². The molecule has 0 spiro atoms. The minimum Gasteiger partial charge on any atom is -0.396 e. The molecule has 7 nitrogen and oxygen atoms in total. The van der Waals surface area contributed by atoms with E-state index in [1.165, 1.54) is 17.6 Å². The van der Waals surface area contributed by atoms with Gasteiger partial charge in [0.15, 0.2) is 6.04 Å². The molecule has 3 rings (SSSR count). The number of rotatable bonds is 6. The number of imidazole rings is 1. The highest BCUT2D eigenvalue weighted by Gasteiger charge is 2.18. The molecule has 1 amide bonds. The molecule has 1 atom stereocenters. The summed E-state index contributed by atoms with van der Waals surface area (Å²) in [4.78, 5) is 22.7. The van der Waals surface area contributed by atoms with Crippen molar-refractivity contribution in [2.75, 3.05) is 6.61 Å². The third kappa shape index (κ3) is 3.67. The molecule has 0 aliphatic carbocycles. The molecule has 8 heteroatoms. The summed E-state index contributed by atoms with van der Waals surface area (Å²) in [6, 6.07) is 8.49. The van der Waals surface area contributed by atoms with Crippen LogP contribution < -0.4 is 5.32 Å². The van der Waals surface area contributed by atoms with E-state index in [1.54, 1.807) is 28.9 Å². The third-order valence-corrected chi connectivity index (χ3v) is 4.30. The Kier molecular flexibility index (Phi) is 5.06. The van der Waals surface area contributed by atoms with Crippen LogP contribution in [-0.2, 0) is 4.84 Å². The first-order chi connectivity index (χ1) is 12.2. The van der Waals surface area contributed by atoms with Crippen molar-refractivity contribution in [1.29, 1.82) is 5.26 Å². The number of carbonyl (C=O) groups is 1. The molecule has 0 fully saturated rings. The van der Waals surface area contributed by atoms with Crippen molar-refractivity contribution >= 4 is 29.1 Å². The van der Waals surface area contributed by atoms with Crippen molar-refractivity contribution in [3.8, 4) is 6.07 Å². The van der Waals surface area contributed by atoms with E-state index in [9.17, 15) is 10.1 Å². The average molecular weight is 353 g/mol. The number of nitriles is 1. The van der Waals surface area contributed by atoms with Crippen LogP contribution in [0.3, 0.4) is 0 Å². The topological polar surface area (TPSA) is 91.8 Å². The second kappa shape index (κ2) is 7.59. The van der Waals surface area contributed by atoms with Crippen LogP contribution in [0.1, 0.15) is 33.9 Å². The fourth-order valence-corrected chi connectivity index (χ4v) is 2.99. The van der Waals surface area contributed by atoms with E-state index < -0.39 is 6.04 Å². The Morgan fingerprint density at radius 3 is 3.16 bits per heavy atom. The van der Waals surface area contributed by atoms with Gasteiger partial charge in [-0.05, 0) is 30.5 Å². The van der Waals surface area contributed by atoms with Gasteiger partial charge in [-0.15, -0.1) is 11.3 Å². The second-order valence-corrected chi connectivity index (χ2v) is 6.00. The molecule has 0 saturated carbocycles. The fourth-order valence-electron chi connectivity index (χ4n) is 2.27. The van der Waals surface area contributed by atoms with E-state index in [-0.39, 0.29) is 5.91 Å². The van der Waals surface area contributed by atoms with E-state index >= 15 is 0 Å². The van der Waals surface area contributed by atoms with Gasteiger partial charge < -0.3 is 14.6 Å². The summed E-state index contributed by atoms with van der Waals surface area (Å²) < 4.78 is 1.73. The Bertz CT molecular complexity index is 940. The molecular weight excluding hydrogens is 338 g/mol. The summed E-state index contributed by atoms with van der Waals surface area (Å²) >= 11 is 1.42. The zero-order chi connectivity index (χ0) is 17.6. The quantitative estimate of drug-likeness (QED) is 0.545. The molecule has 0 aliphatic rings. The molecule has 1 unspecified atom stereocenters. The van der Waals surface area contributed by atoms with E-state index in [1.807, 2.05) is 24.4 Å². The standard InChI is InChI=1S/C17H15N5O2S/c1-2-24-19-10-12-11-22-7-3-5-13(16(22)20-12)17(23)21-14(9-18)15-6-4-8-25-15/h3-8,10-11,14H,2H2,1H3,(H,21,23)/b19-10+. The molecule has 0 saturated heterocycles. The van der Waals surface area contributed by atoms with Gasteiger partial charge in [0.05, 0.1) is 17.8 Å². The van der Waals surface area contributed by atoms with Crippen LogP contribution >= 0.6 is 11.3 Å². The lowest BCUT2D eigenvalue weighted by Crippen LogP contribution is -2.27. The lowest BCUT2D eigenvalue weighted by atomic mass is 10.2. The van der Waals surface area contributed by atoms with Gasteiger partial charge in [-0.3, -0.25) is 4.79 Å². The Morgan fingerprint density at radius 1 is 1.56 bits per heavy atom. The monoisotopic (exact) mass is 353 g/mol. The van der Waals surface area contributed by atoms with Gasteiger partial charge in [-0.1, -0.05) is 11.2 Å². The van der Waals surface area contributed by atoms with Crippen molar-refractivity contribution in [1.82, 2.24) is 14.7 Å². The first-order valence-electron chi connectivity index (χ1n) is 7.60. The Balaban J connectivity index is 1.87. The van der Waals surface area contributed by atoms with Gasteiger partial charge in [0.2, 0.25) is 0 Å². The molecule has 0 radical (unpaired) electrons. The zero-order valence-electron chi connectivity index (χ0n) is 13.4. The summed E-state index contributed by atoms with van der Waals surface area (Å²) in [5.74, 6) is -0.357. The first-order valence-corrected chi connectivity index (χ1v) is 8.48. The Labute approximate surface area is 148 Å². The van der Waals surface area contributed by atoms with Crippen LogP contribution in [0.15, 0.2) is 47.2 Å². The zero-order valence-corrected chi connectivity index (χ0v) is 14.2. The molecule has 3 heterocycles. The largest absolute Gasteiger partial charge is 0.396 e. The van der Waals surface area contributed by atoms with E-state index in [0.29, 0.717) is 23.5 Å². The van der Waals surface area contributed by atoms with Crippen molar-refractivity contribution in [3.63, 3.8) is 0 Å². The summed E-state index contributed by atoms with van der Waals surface area (Å²) in [6.45, 7) is 2.30. The van der Waals surface area contributed by atoms with Crippen LogP contribution in [0, 0.1) is 11.3 Å². The minimum absolute atomic E-state index is 0.357. The van der Waals surface area contributed by atoms with Gasteiger partial charge in [0.25, 0.3) is 5.91 Å². The number of hydrogen-bond acceptors (Lipinski definition) is 6. The molecular formula is C17H15N5O2S. The number of amides is 1. The lowest BCUT2D eigenvalue weighted by molar-refractivity contribution is 0.0947. The highest BCUT2D eigenvalue weighted by molar-refractivity contribution is 7.10. The maximum atomic E-state index is 12.6. The average Bonchev–Trinajstić information content (AvgIpc) is 3.28. The Morgan fingerprint density at radius 2 is 2.44 bits per heavy atom. The number of carbonyl (C=O) groups excluding carboxylic acids is 1. The summed E-state index contributed by atoms with van der Waals surface area (Å²) in [5, 5.41) is 17.7. The number of thiophene rings is 1. The van der Waals surface area contributed by atoms with Crippen molar-refractivity contribution in [2.24, 2.45) is 5.16 Å². The minimum atomic E-state index is -0.693. The van der Waals surface area contributed by atoms with Crippen LogP contribution in [0.5, 0.6) is 0 Å². The van der Waals surface area contributed by atoms with E-state index in [0.717, 1.165) is 4.88 Å². The molecule has 0 aromatic carbocycles. The molecule has 0 bridgehead atoms. The number of nitrogens with zero attached hydrogens (tertiary/aromatic N) is 4. The second-order valence-electron chi connectivity index (χ2n) is 5.02. The number of oxime groups is 1. The summed E-state index contributed by atoms with van der Waals surface area (Å²) in [7, 11) is 0. The highest BCUT2D eigenvalue weighted by atomic mass is 32.1. The molecule has 0 aliphatic heterocycles. The first kappa shape index (κ1) is 16.7. The van der Waals surface area contributed by atoms with Gasteiger partial charge in [-0.25, -0.2) is 4.98 Å². The maximum Gasteiger partial charge on any atom is 0.256 e. The van der Waals surface area contributed by atoms with Crippen LogP contribution in [0.25, 0.3) is 5.65 Å². The summed E-state index contributed by atoms with van der Waals surface area (Å²) in [6.07, 6.45) is 5.02. The molecule has 1 N–H and O–H groups in total. The Hall–Kier alpha value is -3.18. The molecule has 126 valence electrons. The fraction of sp³-hybridized carbons (Fsp3) is 0.176. The SMILES string of the molecule is CCO/N=C/c1cn2cccc(C(=O)NC(C#N)c3cccs3)c2n1. The van der Waals surface area contributed by atoms with Gasteiger partial charge in [-0.2, -0.15) is 5.26 Å². The summed E-state index contributed by atoms with van der Waals surface area (Å²) in [5.41, 5.74) is 1.44. The smallest absolute Gasteiger partial charge is 0.256 e. The maximum absolute atomic E-state index is 12.6. The number of pyridine rings is 1. The number of hydrogen-bond donors (Lipinski definition) is 1. The number of nitrogens with one attached hydrogen (secondary N) is 1. The lowest BCUT2D eigenvalue weighted by Gasteiger charge is -2.10. The van der Waals surface area contributed by atoms with Crippen LogP contribution in [0.4, 0.5) is 0 Å². The van der Waals surface area contributed by atoms with Gasteiger partial charge in [0, 0.05) is 17.3 Å². The molecule has 3 aromatic rings. The van der Waals surface area contributed by atoms with Gasteiger partial charge in [0.1, 0.15) is 17.9 Å². The van der Waals surface area contributed by atoms with E-state index in [4.69, 9.17) is 4.84 Å². The number of aromatic nitrogens is 2. The predicted octanol–water partition coefficient (Wildman–Crippen LogP) is 2.76. The van der Waals surface area contributed by atoms with Crippen molar-refractivity contribution in [2.45, 2.75) is 13.0 Å². The van der Waals surface area contributed by atoms with Crippen molar-refractivity contribution in [3.05, 3.63) is 58.2 Å². The van der Waals surface area contributed by atoms with Crippen LogP contribution in [-0.4, -0.2) is 28.1 Å². The number of fused-ring (bicyclic) bond motifs is 1. The van der Waals surface area contributed by atoms with Crippen molar-refractivity contribution < 1.29 is 9.63 Å². The predicted molar refractivity (Wildman–Crippen MR) is 94.6 cm³/mol. The normalized spacial score (nSPS) is 12.2. The molecule has 25 heavy (non-hydrogen) atoms.